The summed E-state index contributed by atoms with van der Waals surface area (Å²) in [6.45, 7) is 5.76. The molecule has 1 spiro atoms. The Morgan fingerprint density at radius 2 is 2.02 bits per heavy atom. The van der Waals surface area contributed by atoms with E-state index in [0.29, 0.717) is 38.3 Å². The van der Waals surface area contributed by atoms with Gasteiger partial charge >= 0.3 is 0 Å². The predicted octanol–water partition coefficient (Wildman–Crippen LogP) is 5.65. The molecule has 4 aliphatic rings. The monoisotopic (exact) mass is 656 g/mol. The SMILES string of the molecule is CO[C@H]1C/C=C/[C@H](O)[C@@H]2CC[C@H]2CN2C[C@@]3(CCCc4cc(Cl)ccc43)COc3ccc(cc32)C(=O)NS(=O)(=O)[C@H]1CC(C)C. The summed E-state index contributed by atoms with van der Waals surface area (Å²) in [7, 11) is -2.61. The molecule has 2 aliphatic carbocycles. The van der Waals surface area contributed by atoms with Crippen LogP contribution in [0.15, 0.2) is 48.6 Å². The van der Waals surface area contributed by atoms with Crippen LogP contribution in [-0.2, 0) is 26.6 Å². The first-order valence-corrected chi connectivity index (χ1v) is 18.2. The molecular formula is C35H45ClN2O6S. The van der Waals surface area contributed by atoms with Crippen molar-refractivity contribution < 1.29 is 27.8 Å². The maximum atomic E-state index is 13.7. The van der Waals surface area contributed by atoms with Gasteiger partial charge in [-0.25, -0.2) is 13.1 Å². The molecule has 0 aromatic heterocycles. The second-order valence-electron chi connectivity index (χ2n) is 13.9. The summed E-state index contributed by atoms with van der Waals surface area (Å²) < 4.78 is 42.1. The van der Waals surface area contributed by atoms with Gasteiger partial charge in [-0.15, -0.1) is 0 Å². The number of carbonyl (C=O) groups is 1. The van der Waals surface area contributed by atoms with Crippen LogP contribution in [0, 0.1) is 17.8 Å². The highest BCUT2D eigenvalue weighted by atomic mass is 35.5. The fourth-order valence-corrected chi connectivity index (χ4v) is 9.89. The van der Waals surface area contributed by atoms with E-state index in [1.165, 1.54) is 18.2 Å². The average molecular weight is 657 g/mol. The molecule has 2 bridgehead atoms. The van der Waals surface area contributed by atoms with Gasteiger partial charge in [-0.05, 0) is 104 Å². The van der Waals surface area contributed by atoms with Crippen LogP contribution in [0.4, 0.5) is 5.69 Å². The van der Waals surface area contributed by atoms with Gasteiger partial charge in [-0.2, -0.15) is 0 Å². The standard InChI is InChI=1S/C35H45ClN2O6S/c1-22(2)16-33-32(43-3)8-4-7-30(39)27-12-9-25(27)19-38-20-35(15-5-6-23-17-26(36)11-13-28(23)35)21-44-31-14-10-24(18-29(31)38)34(40)37-45(33,41)42/h4,7,10-11,13-14,17-18,22,25,27,30,32-33,39H,5-6,8-9,12,15-16,19-21H2,1-3H3,(H,37,40)/b7-4+/t25-,27+,30-,32-,33-,35-/m0/s1. The first-order chi connectivity index (χ1) is 21.5. The molecule has 6 atom stereocenters. The summed E-state index contributed by atoms with van der Waals surface area (Å²) in [5.41, 5.74) is 3.25. The molecule has 2 aromatic carbocycles. The lowest BCUT2D eigenvalue weighted by Crippen LogP contribution is -2.49. The van der Waals surface area contributed by atoms with Crippen molar-refractivity contribution in [1.82, 2.24) is 4.72 Å². The van der Waals surface area contributed by atoms with E-state index in [4.69, 9.17) is 21.1 Å². The van der Waals surface area contributed by atoms with Gasteiger partial charge in [0.25, 0.3) is 5.91 Å². The van der Waals surface area contributed by atoms with Gasteiger partial charge in [0.2, 0.25) is 10.0 Å². The third-order valence-electron chi connectivity index (χ3n) is 10.4. The summed E-state index contributed by atoms with van der Waals surface area (Å²) in [6.07, 6.45) is 7.80. The molecule has 0 unspecified atom stereocenters. The number of hydrogen-bond donors (Lipinski definition) is 2. The molecular weight excluding hydrogens is 612 g/mol. The van der Waals surface area contributed by atoms with E-state index in [0.717, 1.165) is 42.8 Å². The number of benzene rings is 2. The summed E-state index contributed by atoms with van der Waals surface area (Å²) in [5.74, 6) is 0.387. The zero-order chi connectivity index (χ0) is 31.9. The molecule has 244 valence electrons. The van der Waals surface area contributed by atoms with Crippen molar-refractivity contribution in [2.45, 2.75) is 81.7 Å². The molecule has 6 rings (SSSR count). The van der Waals surface area contributed by atoms with Crippen LogP contribution >= 0.6 is 11.6 Å². The van der Waals surface area contributed by atoms with Gasteiger partial charge in [0.05, 0.1) is 24.5 Å². The quantitative estimate of drug-likeness (QED) is 0.412. The average Bonchev–Trinajstić information content (AvgIpc) is 3.12. The van der Waals surface area contributed by atoms with Crippen LogP contribution in [0.5, 0.6) is 5.75 Å². The van der Waals surface area contributed by atoms with E-state index in [9.17, 15) is 18.3 Å². The van der Waals surface area contributed by atoms with Crippen molar-refractivity contribution in [3.8, 4) is 5.75 Å². The number of aryl methyl sites for hydroxylation is 1. The first kappa shape index (κ1) is 32.4. The lowest BCUT2D eigenvalue weighted by molar-refractivity contribution is 0.0451. The van der Waals surface area contributed by atoms with Gasteiger partial charge in [0.15, 0.2) is 0 Å². The molecule has 1 amide bonds. The molecule has 10 heteroatoms. The zero-order valence-electron chi connectivity index (χ0n) is 26.4. The topological polar surface area (TPSA) is 105 Å². The highest BCUT2D eigenvalue weighted by molar-refractivity contribution is 7.90. The number of sulfonamides is 1. The van der Waals surface area contributed by atoms with Crippen molar-refractivity contribution >= 4 is 33.2 Å². The number of ether oxygens (including phenoxy) is 2. The molecule has 2 heterocycles. The number of nitrogens with zero attached hydrogens (tertiary/aromatic N) is 1. The molecule has 45 heavy (non-hydrogen) atoms. The van der Waals surface area contributed by atoms with Crippen LogP contribution in [0.2, 0.25) is 5.02 Å². The smallest absolute Gasteiger partial charge is 0.264 e. The van der Waals surface area contributed by atoms with E-state index < -0.39 is 33.4 Å². The van der Waals surface area contributed by atoms with Crippen molar-refractivity contribution in [3.63, 3.8) is 0 Å². The van der Waals surface area contributed by atoms with Gasteiger partial charge in [-0.3, -0.25) is 4.79 Å². The van der Waals surface area contributed by atoms with Gasteiger partial charge < -0.3 is 19.5 Å². The van der Waals surface area contributed by atoms with Gasteiger partial charge in [0, 0.05) is 36.2 Å². The van der Waals surface area contributed by atoms with Gasteiger partial charge in [0.1, 0.15) is 11.0 Å². The number of aliphatic hydroxyl groups is 1. The number of halogens is 1. The number of nitrogens with one attached hydrogen (secondary N) is 1. The van der Waals surface area contributed by atoms with Gasteiger partial charge in [-0.1, -0.05) is 43.7 Å². The first-order valence-electron chi connectivity index (χ1n) is 16.2. The predicted molar refractivity (Wildman–Crippen MR) is 177 cm³/mol. The van der Waals surface area contributed by atoms with Crippen molar-refractivity contribution in [1.29, 1.82) is 0 Å². The third-order valence-corrected chi connectivity index (χ3v) is 12.4. The van der Waals surface area contributed by atoms with Crippen molar-refractivity contribution in [2.24, 2.45) is 17.8 Å². The van der Waals surface area contributed by atoms with Crippen LogP contribution in [-0.4, -0.2) is 63.7 Å². The Labute approximate surface area is 272 Å². The lowest BCUT2D eigenvalue weighted by atomic mass is 9.68. The number of carbonyl (C=O) groups excluding carboxylic acids is 1. The molecule has 1 fully saturated rings. The van der Waals surface area contributed by atoms with Crippen LogP contribution in [0.1, 0.15) is 73.9 Å². The number of methoxy groups -OCH3 is 1. The summed E-state index contributed by atoms with van der Waals surface area (Å²) in [4.78, 5) is 16.0. The van der Waals surface area contributed by atoms with Crippen LogP contribution in [0.3, 0.4) is 0 Å². The number of hydrogen-bond acceptors (Lipinski definition) is 7. The minimum atomic E-state index is -4.10. The van der Waals surface area contributed by atoms with E-state index in [2.05, 4.69) is 21.8 Å². The second kappa shape index (κ2) is 12.9. The number of anilines is 1. The summed E-state index contributed by atoms with van der Waals surface area (Å²) >= 11 is 6.40. The summed E-state index contributed by atoms with van der Waals surface area (Å²) in [6, 6.07) is 11.4. The fraction of sp³-hybridized carbons (Fsp3) is 0.571. The van der Waals surface area contributed by atoms with E-state index in [1.807, 2.05) is 26.0 Å². The van der Waals surface area contributed by atoms with Crippen molar-refractivity contribution in [3.05, 3.63) is 70.3 Å². The highest BCUT2D eigenvalue weighted by Crippen LogP contribution is 2.46. The van der Waals surface area contributed by atoms with E-state index in [-0.39, 0.29) is 28.7 Å². The van der Waals surface area contributed by atoms with Crippen LogP contribution in [0.25, 0.3) is 0 Å². The minimum Gasteiger partial charge on any atom is -0.490 e. The second-order valence-corrected chi connectivity index (χ2v) is 16.2. The van der Waals surface area contributed by atoms with E-state index >= 15 is 0 Å². The fourth-order valence-electron chi connectivity index (χ4n) is 7.91. The Hall–Kier alpha value is -2.59. The normalized spacial score (nSPS) is 32.0. The number of aliphatic hydroxyl groups excluding tert-OH is 1. The highest BCUT2D eigenvalue weighted by Gasteiger charge is 2.44. The Bertz CT molecular complexity index is 1560. The largest absolute Gasteiger partial charge is 0.490 e. The van der Waals surface area contributed by atoms with Crippen molar-refractivity contribution in [2.75, 3.05) is 31.7 Å². The Morgan fingerprint density at radius 1 is 1.20 bits per heavy atom. The molecule has 1 saturated carbocycles. The lowest BCUT2D eigenvalue weighted by Gasteiger charge is -2.45. The zero-order valence-corrected chi connectivity index (χ0v) is 27.9. The molecule has 8 nitrogen and oxygen atoms in total. The maximum Gasteiger partial charge on any atom is 0.264 e. The Morgan fingerprint density at radius 3 is 2.76 bits per heavy atom. The molecule has 0 saturated heterocycles. The van der Waals surface area contributed by atoms with E-state index in [1.54, 1.807) is 24.3 Å². The summed E-state index contributed by atoms with van der Waals surface area (Å²) in [5, 5.41) is 11.1. The third kappa shape index (κ3) is 6.51. The maximum absolute atomic E-state index is 13.7. The Balaban J connectivity index is 1.42. The molecule has 2 aliphatic heterocycles. The molecule has 0 radical (unpaired) electrons. The molecule has 2 aromatic rings. The van der Waals surface area contributed by atoms with Crippen LogP contribution < -0.4 is 14.4 Å². The minimum absolute atomic E-state index is 0.0571. The Kier molecular flexibility index (Phi) is 9.27. The number of fused-ring (bicyclic) bond motifs is 4. The number of rotatable bonds is 3. The molecule has 2 N–H and O–H groups in total. The number of amides is 1.